The number of halogens is 3. The molecular formula is C17H16F3NO3. The Morgan fingerprint density at radius 2 is 1.79 bits per heavy atom. The number of hydrogen-bond donors (Lipinski definition) is 2. The molecule has 128 valence electrons. The summed E-state index contributed by atoms with van der Waals surface area (Å²) in [6.07, 6.45) is -5.67. The molecule has 7 heteroatoms. The lowest BCUT2D eigenvalue weighted by atomic mass is 10.1. The molecule has 0 fully saturated rings. The first kappa shape index (κ1) is 17.8. The van der Waals surface area contributed by atoms with Gasteiger partial charge in [0.25, 0.3) is 5.91 Å². The van der Waals surface area contributed by atoms with Crippen LogP contribution in [0.1, 0.15) is 27.6 Å². The van der Waals surface area contributed by atoms with E-state index in [1.165, 1.54) is 19.2 Å². The van der Waals surface area contributed by atoms with E-state index in [0.29, 0.717) is 11.3 Å². The van der Waals surface area contributed by atoms with Crippen molar-refractivity contribution in [2.24, 2.45) is 0 Å². The number of nitrogens with one attached hydrogen (secondary N) is 1. The number of aliphatic hydroxyl groups excluding tert-OH is 1. The van der Waals surface area contributed by atoms with Gasteiger partial charge in [-0.2, -0.15) is 13.2 Å². The number of alkyl halides is 3. The SMILES string of the molecule is COc1ccc(C(O)CNC(=O)c2ccccc2C(F)(F)F)cc1. The molecule has 2 rings (SSSR count). The maximum absolute atomic E-state index is 12.9. The molecule has 2 aromatic carbocycles. The van der Waals surface area contributed by atoms with Crippen LogP contribution < -0.4 is 10.1 Å². The highest BCUT2D eigenvalue weighted by Crippen LogP contribution is 2.31. The van der Waals surface area contributed by atoms with Crippen LogP contribution in [0.5, 0.6) is 5.75 Å². The number of aliphatic hydroxyl groups is 1. The highest BCUT2D eigenvalue weighted by atomic mass is 19.4. The maximum atomic E-state index is 12.9. The van der Waals surface area contributed by atoms with Gasteiger partial charge in [-0.1, -0.05) is 24.3 Å². The Kier molecular flexibility index (Phi) is 5.46. The van der Waals surface area contributed by atoms with Crippen LogP contribution in [0.4, 0.5) is 13.2 Å². The molecule has 0 spiro atoms. The first-order valence-electron chi connectivity index (χ1n) is 7.09. The van der Waals surface area contributed by atoms with Crippen LogP contribution in [0.2, 0.25) is 0 Å². The van der Waals surface area contributed by atoms with E-state index in [0.717, 1.165) is 12.1 Å². The number of benzene rings is 2. The Morgan fingerprint density at radius 1 is 1.17 bits per heavy atom. The fourth-order valence-corrected chi connectivity index (χ4v) is 2.16. The second-order valence-electron chi connectivity index (χ2n) is 5.04. The summed E-state index contributed by atoms with van der Waals surface area (Å²) in [5.74, 6) is -0.287. The summed E-state index contributed by atoms with van der Waals surface area (Å²) in [4.78, 5) is 12.0. The lowest BCUT2D eigenvalue weighted by molar-refractivity contribution is -0.137. The van der Waals surface area contributed by atoms with E-state index < -0.39 is 29.3 Å². The van der Waals surface area contributed by atoms with E-state index in [2.05, 4.69) is 5.32 Å². The number of amides is 1. The third kappa shape index (κ3) is 4.26. The van der Waals surface area contributed by atoms with Crippen molar-refractivity contribution in [3.8, 4) is 5.75 Å². The molecule has 0 saturated heterocycles. The van der Waals surface area contributed by atoms with Crippen LogP contribution >= 0.6 is 0 Å². The van der Waals surface area contributed by atoms with E-state index in [-0.39, 0.29) is 6.54 Å². The van der Waals surface area contributed by atoms with Crippen molar-refractivity contribution in [3.63, 3.8) is 0 Å². The first-order valence-corrected chi connectivity index (χ1v) is 7.09. The van der Waals surface area contributed by atoms with Gasteiger partial charge in [0.2, 0.25) is 0 Å². The predicted octanol–water partition coefficient (Wildman–Crippen LogP) is 3.18. The van der Waals surface area contributed by atoms with Crippen LogP contribution in [0.25, 0.3) is 0 Å². The second-order valence-corrected chi connectivity index (χ2v) is 5.04. The van der Waals surface area contributed by atoms with Gasteiger partial charge in [-0.15, -0.1) is 0 Å². The maximum Gasteiger partial charge on any atom is 0.417 e. The highest BCUT2D eigenvalue weighted by molar-refractivity contribution is 5.95. The molecule has 4 nitrogen and oxygen atoms in total. The first-order chi connectivity index (χ1) is 11.3. The summed E-state index contributed by atoms with van der Waals surface area (Å²) in [6, 6.07) is 11.0. The third-order valence-corrected chi connectivity index (χ3v) is 3.43. The van der Waals surface area contributed by atoms with Gasteiger partial charge in [0.15, 0.2) is 0 Å². The minimum absolute atomic E-state index is 0.211. The van der Waals surface area contributed by atoms with Crippen molar-refractivity contribution in [3.05, 3.63) is 65.2 Å². The number of methoxy groups -OCH3 is 1. The monoisotopic (exact) mass is 339 g/mol. The summed E-state index contributed by atoms with van der Waals surface area (Å²) >= 11 is 0. The van der Waals surface area contributed by atoms with Crippen molar-refractivity contribution in [2.75, 3.05) is 13.7 Å². The minimum Gasteiger partial charge on any atom is -0.497 e. The molecular weight excluding hydrogens is 323 g/mol. The third-order valence-electron chi connectivity index (χ3n) is 3.43. The highest BCUT2D eigenvalue weighted by Gasteiger charge is 2.34. The van der Waals surface area contributed by atoms with Crippen molar-refractivity contribution in [2.45, 2.75) is 12.3 Å². The summed E-state index contributed by atoms with van der Waals surface area (Å²) in [6.45, 7) is -0.211. The van der Waals surface area contributed by atoms with Gasteiger partial charge >= 0.3 is 6.18 Å². The molecule has 2 N–H and O–H groups in total. The molecule has 2 aromatic rings. The Bertz CT molecular complexity index is 699. The van der Waals surface area contributed by atoms with Gasteiger partial charge in [-0.3, -0.25) is 4.79 Å². The van der Waals surface area contributed by atoms with E-state index in [9.17, 15) is 23.1 Å². The molecule has 0 aliphatic carbocycles. The van der Waals surface area contributed by atoms with E-state index >= 15 is 0 Å². The number of carbonyl (C=O) groups is 1. The summed E-state index contributed by atoms with van der Waals surface area (Å²) in [5, 5.41) is 12.3. The average Bonchev–Trinajstić information content (AvgIpc) is 2.58. The Morgan fingerprint density at radius 3 is 2.38 bits per heavy atom. The largest absolute Gasteiger partial charge is 0.497 e. The molecule has 1 atom stereocenters. The topological polar surface area (TPSA) is 58.6 Å². The number of rotatable bonds is 5. The smallest absolute Gasteiger partial charge is 0.417 e. The normalized spacial score (nSPS) is 12.5. The molecule has 0 aliphatic heterocycles. The van der Waals surface area contributed by atoms with Crippen molar-refractivity contribution >= 4 is 5.91 Å². The van der Waals surface area contributed by atoms with Gasteiger partial charge in [-0.25, -0.2) is 0 Å². The van der Waals surface area contributed by atoms with Crippen LogP contribution in [0.15, 0.2) is 48.5 Å². The summed E-state index contributed by atoms with van der Waals surface area (Å²) < 4.78 is 43.7. The molecule has 24 heavy (non-hydrogen) atoms. The zero-order valence-electron chi connectivity index (χ0n) is 12.8. The van der Waals surface area contributed by atoms with Crippen molar-refractivity contribution in [1.29, 1.82) is 0 Å². The van der Waals surface area contributed by atoms with Gasteiger partial charge in [0, 0.05) is 6.54 Å². The molecule has 0 aliphatic rings. The van der Waals surface area contributed by atoms with E-state index in [1.807, 2.05) is 0 Å². The lowest BCUT2D eigenvalue weighted by Crippen LogP contribution is -2.30. The van der Waals surface area contributed by atoms with Crippen molar-refractivity contribution in [1.82, 2.24) is 5.32 Å². The fourth-order valence-electron chi connectivity index (χ4n) is 2.16. The second kappa shape index (κ2) is 7.35. The molecule has 0 bridgehead atoms. The van der Waals surface area contributed by atoms with Gasteiger partial charge < -0.3 is 15.2 Å². The zero-order valence-corrected chi connectivity index (χ0v) is 12.8. The molecule has 0 radical (unpaired) electrons. The van der Waals surface area contributed by atoms with Crippen LogP contribution in [-0.4, -0.2) is 24.7 Å². The minimum atomic E-state index is -4.62. The van der Waals surface area contributed by atoms with Gasteiger partial charge in [0.1, 0.15) is 5.75 Å². The fraction of sp³-hybridized carbons (Fsp3) is 0.235. The molecule has 1 amide bonds. The van der Waals surface area contributed by atoms with E-state index in [4.69, 9.17) is 4.74 Å². The zero-order chi connectivity index (χ0) is 17.7. The lowest BCUT2D eigenvalue weighted by Gasteiger charge is -2.15. The molecule has 1 unspecified atom stereocenters. The molecule has 0 aromatic heterocycles. The molecule has 0 heterocycles. The van der Waals surface area contributed by atoms with Crippen LogP contribution in [0.3, 0.4) is 0 Å². The average molecular weight is 339 g/mol. The van der Waals surface area contributed by atoms with Crippen LogP contribution in [-0.2, 0) is 6.18 Å². The molecule has 0 saturated carbocycles. The van der Waals surface area contributed by atoms with Crippen molar-refractivity contribution < 1.29 is 27.8 Å². The summed E-state index contributed by atoms with van der Waals surface area (Å²) in [7, 11) is 1.50. The Balaban J connectivity index is 2.05. The van der Waals surface area contributed by atoms with Gasteiger partial charge in [0.05, 0.1) is 24.3 Å². The Labute approximate surface area is 136 Å². The van der Waals surface area contributed by atoms with Crippen LogP contribution in [0, 0.1) is 0 Å². The Hall–Kier alpha value is -2.54. The number of hydrogen-bond acceptors (Lipinski definition) is 3. The summed E-state index contributed by atoms with van der Waals surface area (Å²) in [5.41, 5.74) is -0.978. The standard InChI is InChI=1S/C17H16F3NO3/c1-24-12-8-6-11(7-9-12)15(22)10-21-16(23)13-4-2-3-5-14(13)17(18,19)20/h2-9,15,22H,10H2,1H3,(H,21,23). The van der Waals surface area contributed by atoms with Gasteiger partial charge in [-0.05, 0) is 29.8 Å². The quantitative estimate of drug-likeness (QED) is 0.880. The number of carbonyl (C=O) groups excluding carboxylic acids is 1. The number of ether oxygens (including phenoxy) is 1. The van der Waals surface area contributed by atoms with E-state index in [1.54, 1.807) is 24.3 Å². The predicted molar refractivity (Wildman–Crippen MR) is 81.7 cm³/mol.